The van der Waals surface area contributed by atoms with Crippen molar-refractivity contribution in [2.45, 2.75) is 14.7 Å². The van der Waals surface area contributed by atoms with Crippen molar-refractivity contribution in [3.05, 3.63) is 162 Å². The Bertz CT molecular complexity index is 2370. The zero-order chi connectivity index (χ0) is 36.7. The molecule has 1 aliphatic rings. The molecule has 52 heavy (non-hydrogen) atoms. The summed E-state index contributed by atoms with van der Waals surface area (Å²) < 4.78 is 68.6. The molecule has 6 rings (SSSR count). The number of nitrogens with zero attached hydrogens (tertiary/aromatic N) is 1. The van der Waals surface area contributed by atoms with Gasteiger partial charge in [-0.2, -0.15) is 16.8 Å². The molecule has 5 aromatic carbocycles. The minimum atomic E-state index is -4.31. The molecular formula is C37H29N3O9S3. The number of benzene rings is 5. The van der Waals surface area contributed by atoms with E-state index in [2.05, 4.69) is 25.0 Å². The molecule has 0 amide bonds. The average Bonchev–Trinajstić information content (AvgIpc) is 3.13. The maximum atomic E-state index is 11.4. The van der Waals surface area contributed by atoms with E-state index in [1.807, 2.05) is 97.1 Å². The molecule has 0 saturated heterocycles. The molecule has 0 aromatic heterocycles. The summed E-state index contributed by atoms with van der Waals surface area (Å²) in [6.45, 7) is 0. The van der Waals surface area contributed by atoms with E-state index in [-0.39, 0.29) is 9.79 Å². The highest BCUT2D eigenvalue weighted by molar-refractivity contribution is 7.94. The Morgan fingerprint density at radius 2 is 0.962 bits per heavy atom. The molecule has 5 aromatic rings. The monoisotopic (exact) mass is 755 g/mol. The summed E-state index contributed by atoms with van der Waals surface area (Å²) >= 11 is 0.872. The second kappa shape index (κ2) is 15.9. The molecule has 0 saturated carbocycles. The fourth-order valence-corrected chi connectivity index (χ4v) is 6.49. The van der Waals surface area contributed by atoms with Crippen molar-refractivity contribution in [2.24, 2.45) is 4.99 Å². The van der Waals surface area contributed by atoms with Crippen LogP contribution in [0.15, 0.2) is 171 Å². The van der Waals surface area contributed by atoms with Crippen LogP contribution in [0.2, 0.25) is 0 Å². The van der Waals surface area contributed by atoms with Crippen LogP contribution in [-0.4, -0.2) is 36.9 Å². The van der Waals surface area contributed by atoms with Gasteiger partial charge >= 0.3 is 0 Å². The van der Waals surface area contributed by atoms with E-state index in [1.54, 1.807) is 12.1 Å². The predicted molar refractivity (Wildman–Crippen MR) is 200 cm³/mol. The lowest BCUT2D eigenvalue weighted by Crippen LogP contribution is -1.99. The molecule has 0 radical (unpaired) electrons. The molecule has 12 nitrogen and oxygen atoms in total. The third-order valence-corrected chi connectivity index (χ3v) is 9.97. The molecule has 5 N–H and O–H groups in total. The van der Waals surface area contributed by atoms with Crippen molar-refractivity contribution in [3.8, 4) is 0 Å². The van der Waals surface area contributed by atoms with Gasteiger partial charge in [-0.25, -0.2) is 10.2 Å². The first-order valence-corrected chi connectivity index (χ1v) is 18.9. The Balaban J connectivity index is 1.27. The maximum Gasteiger partial charge on any atom is 0.294 e. The van der Waals surface area contributed by atoms with Gasteiger partial charge in [0.25, 0.3) is 20.2 Å². The standard InChI is InChI=1S/C37H29N3O9S3/c41-48-49-50-34-19-13-31(14-20-34)38-28-7-1-25(2-8-28)37(26-3-9-29(10-4-26)39-32-15-21-35(22-16-32)51(42,43)44)27-5-11-30(12-6-27)40-33-17-23-36(24-18-33)52(45,46)47/h1-24,38-39,41H,(H,42,43,44)(H,45,46,47). The minimum absolute atomic E-state index is 0.195. The lowest BCUT2D eigenvalue weighted by Gasteiger charge is -2.16. The van der Waals surface area contributed by atoms with Crippen molar-refractivity contribution in [2.75, 3.05) is 10.6 Å². The summed E-state index contributed by atoms with van der Waals surface area (Å²) in [5.74, 6) is 0. The van der Waals surface area contributed by atoms with Crippen molar-refractivity contribution < 1.29 is 40.6 Å². The van der Waals surface area contributed by atoms with E-state index in [1.165, 1.54) is 36.4 Å². The fraction of sp³-hybridized carbons (Fsp3) is 0. The molecule has 0 aliphatic heterocycles. The number of hydrogen-bond donors (Lipinski definition) is 5. The van der Waals surface area contributed by atoms with E-state index >= 15 is 0 Å². The van der Waals surface area contributed by atoms with E-state index in [9.17, 15) is 25.9 Å². The first-order chi connectivity index (χ1) is 24.9. The summed E-state index contributed by atoms with van der Waals surface area (Å²) in [6.07, 6.45) is 7.60. The lowest BCUT2D eigenvalue weighted by atomic mass is 9.90. The molecule has 0 unspecified atom stereocenters. The van der Waals surface area contributed by atoms with Gasteiger partial charge in [-0.3, -0.25) is 9.11 Å². The first-order valence-electron chi connectivity index (χ1n) is 15.3. The first kappa shape index (κ1) is 36.4. The summed E-state index contributed by atoms with van der Waals surface area (Å²) in [6, 6.07) is 34.4. The highest BCUT2D eigenvalue weighted by Crippen LogP contribution is 2.33. The van der Waals surface area contributed by atoms with Gasteiger partial charge in [-0.05, 0) is 131 Å². The fourth-order valence-electron chi connectivity index (χ4n) is 5.18. The molecule has 0 bridgehead atoms. The average molecular weight is 756 g/mol. The van der Waals surface area contributed by atoms with Crippen LogP contribution in [0, 0.1) is 0 Å². The van der Waals surface area contributed by atoms with Gasteiger partial charge in [0.2, 0.25) is 0 Å². The van der Waals surface area contributed by atoms with E-state index in [0.29, 0.717) is 17.1 Å². The Kier molecular flexibility index (Phi) is 11.1. The number of rotatable bonds is 12. The van der Waals surface area contributed by atoms with Crippen molar-refractivity contribution in [3.63, 3.8) is 0 Å². The molecule has 264 valence electrons. The number of anilines is 4. The van der Waals surface area contributed by atoms with Crippen LogP contribution in [0.4, 0.5) is 28.4 Å². The van der Waals surface area contributed by atoms with Crippen LogP contribution in [0.25, 0.3) is 5.57 Å². The summed E-state index contributed by atoms with van der Waals surface area (Å²) in [5.41, 5.74) is 7.95. The van der Waals surface area contributed by atoms with Crippen LogP contribution < -0.4 is 10.6 Å². The second-order valence-electron chi connectivity index (χ2n) is 11.2. The minimum Gasteiger partial charge on any atom is -0.356 e. The number of allylic oxidation sites excluding steroid dienone is 5. The van der Waals surface area contributed by atoms with Crippen molar-refractivity contribution in [1.82, 2.24) is 0 Å². The Hall–Kier alpha value is -5.36. The molecule has 0 spiro atoms. The van der Waals surface area contributed by atoms with Gasteiger partial charge in [-0.1, -0.05) is 41.5 Å². The number of aliphatic imine (C=N–C) groups is 1. The lowest BCUT2D eigenvalue weighted by molar-refractivity contribution is -0.432. The predicted octanol–water partition coefficient (Wildman–Crippen LogP) is 8.80. The third-order valence-electron chi connectivity index (χ3n) is 7.64. The molecule has 0 fully saturated rings. The molecular weight excluding hydrogens is 727 g/mol. The third kappa shape index (κ3) is 9.49. The van der Waals surface area contributed by atoms with Gasteiger partial charge in [0.05, 0.1) is 33.2 Å². The maximum absolute atomic E-state index is 11.4. The Morgan fingerprint density at radius 3 is 1.38 bits per heavy atom. The molecule has 1 aliphatic carbocycles. The van der Waals surface area contributed by atoms with Crippen LogP contribution in [0.1, 0.15) is 11.1 Å². The highest BCUT2D eigenvalue weighted by atomic mass is 32.2. The topological polar surface area (TPSA) is 184 Å². The van der Waals surface area contributed by atoms with Crippen LogP contribution in [-0.2, 0) is 29.6 Å². The second-order valence-corrected chi connectivity index (χ2v) is 14.8. The summed E-state index contributed by atoms with van der Waals surface area (Å²) in [7, 11) is -8.60. The van der Waals surface area contributed by atoms with E-state index < -0.39 is 20.2 Å². The Morgan fingerprint density at radius 1 is 0.558 bits per heavy atom. The van der Waals surface area contributed by atoms with Gasteiger partial charge in [0.15, 0.2) is 0 Å². The molecule has 15 heteroatoms. The summed E-state index contributed by atoms with van der Waals surface area (Å²) in [4.78, 5) is 4.91. The van der Waals surface area contributed by atoms with E-state index in [0.717, 1.165) is 56.3 Å². The SMILES string of the molecule is O=S(=O)(O)c1ccc(N=C2C=CC(=C(c3ccc(Nc4ccc(SOOO)cc4)cc3)c3ccc(Nc4ccc(S(=O)(=O)O)cc4)cc3)C=C2)cc1. The van der Waals surface area contributed by atoms with Gasteiger partial charge in [0, 0.05) is 27.6 Å². The summed E-state index contributed by atoms with van der Waals surface area (Å²) in [5, 5.41) is 18.6. The highest BCUT2D eigenvalue weighted by Gasteiger charge is 2.14. The number of hydrogen-bond acceptors (Lipinski definition) is 11. The van der Waals surface area contributed by atoms with Gasteiger partial charge in [0.1, 0.15) is 0 Å². The molecule has 0 atom stereocenters. The smallest absolute Gasteiger partial charge is 0.294 e. The van der Waals surface area contributed by atoms with Crippen molar-refractivity contribution in [1.29, 1.82) is 0 Å². The van der Waals surface area contributed by atoms with Gasteiger partial charge < -0.3 is 10.6 Å². The van der Waals surface area contributed by atoms with Gasteiger partial charge in [-0.15, -0.1) is 4.33 Å². The number of nitrogens with one attached hydrogen (secondary N) is 2. The zero-order valence-electron chi connectivity index (χ0n) is 26.8. The van der Waals surface area contributed by atoms with E-state index in [4.69, 9.17) is 5.26 Å². The zero-order valence-corrected chi connectivity index (χ0v) is 29.3. The van der Waals surface area contributed by atoms with Crippen LogP contribution in [0.3, 0.4) is 0 Å². The quantitative estimate of drug-likeness (QED) is 0.0354. The van der Waals surface area contributed by atoms with Crippen molar-refractivity contribution >= 4 is 72.0 Å². The normalized spacial score (nSPS) is 12.8. The van der Waals surface area contributed by atoms with Crippen LogP contribution in [0.5, 0.6) is 0 Å². The Labute approximate surface area is 304 Å². The van der Waals surface area contributed by atoms with Crippen LogP contribution >= 0.6 is 12.0 Å². The molecule has 0 heterocycles. The largest absolute Gasteiger partial charge is 0.356 e.